The van der Waals surface area contributed by atoms with E-state index in [0.29, 0.717) is 5.69 Å². The van der Waals surface area contributed by atoms with Crippen LogP contribution in [-0.4, -0.2) is 24.0 Å². The highest BCUT2D eigenvalue weighted by Crippen LogP contribution is 2.13. The smallest absolute Gasteiger partial charge is 0.321 e. The third-order valence-corrected chi connectivity index (χ3v) is 2.97. The van der Waals surface area contributed by atoms with Crippen LogP contribution in [0.25, 0.3) is 0 Å². The van der Waals surface area contributed by atoms with Crippen LogP contribution in [0.4, 0.5) is 16.2 Å². The number of hydrogen-bond acceptors (Lipinski definition) is 2. The van der Waals surface area contributed by atoms with Gasteiger partial charge in [0.2, 0.25) is 0 Å². The monoisotopic (exact) mass is 235 g/mol. The number of nitrogen functional groups attached to an aromatic ring is 1. The van der Waals surface area contributed by atoms with Crippen molar-refractivity contribution in [1.82, 2.24) is 4.90 Å². The third-order valence-electron chi connectivity index (χ3n) is 2.97. The Hall–Kier alpha value is -1.71. The van der Waals surface area contributed by atoms with Crippen molar-refractivity contribution in [2.45, 2.75) is 32.7 Å². The Labute approximate surface area is 103 Å². The highest BCUT2D eigenvalue weighted by atomic mass is 16.2. The lowest BCUT2D eigenvalue weighted by atomic mass is 10.1. The van der Waals surface area contributed by atoms with Gasteiger partial charge in [-0.3, -0.25) is 0 Å². The molecule has 1 aromatic carbocycles. The molecule has 0 saturated heterocycles. The molecule has 0 aliphatic heterocycles. The molecule has 0 aromatic heterocycles. The second-order valence-electron chi connectivity index (χ2n) is 4.13. The van der Waals surface area contributed by atoms with Gasteiger partial charge in [-0.15, -0.1) is 0 Å². The standard InChI is InChI=1S/C13H21N3O/c1-4-12(5-2)16(3)13(17)15-11-8-6-10(14)7-9-11/h6-9,12H,4-5,14H2,1-3H3,(H,15,17). The summed E-state index contributed by atoms with van der Waals surface area (Å²) in [5.74, 6) is 0. The summed E-state index contributed by atoms with van der Waals surface area (Å²) in [4.78, 5) is 13.7. The van der Waals surface area contributed by atoms with E-state index in [4.69, 9.17) is 5.73 Å². The average Bonchev–Trinajstić information content (AvgIpc) is 2.33. The lowest BCUT2D eigenvalue weighted by molar-refractivity contribution is 0.200. The first-order valence-corrected chi connectivity index (χ1v) is 5.97. The van der Waals surface area contributed by atoms with Gasteiger partial charge in [-0.2, -0.15) is 0 Å². The van der Waals surface area contributed by atoms with Crippen LogP contribution >= 0.6 is 0 Å². The molecule has 3 N–H and O–H groups in total. The third kappa shape index (κ3) is 3.66. The maximum atomic E-state index is 11.9. The first kappa shape index (κ1) is 13.4. The highest BCUT2D eigenvalue weighted by molar-refractivity contribution is 5.89. The van der Waals surface area contributed by atoms with Crippen LogP contribution in [0.15, 0.2) is 24.3 Å². The molecule has 0 saturated carbocycles. The van der Waals surface area contributed by atoms with E-state index >= 15 is 0 Å². The number of nitrogens with one attached hydrogen (secondary N) is 1. The van der Waals surface area contributed by atoms with Crippen LogP contribution in [0.1, 0.15) is 26.7 Å². The van der Waals surface area contributed by atoms with Gasteiger partial charge in [0.25, 0.3) is 0 Å². The summed E-state index contributed by atoms with van der Waals surface area (Å²) in [5, 5.41) is 2.85. The highest BCUT2D eigenvalue weighted by Gasteiger charge is 2.16. The molecule has 0 aliphatic carbocycles. The number of urea groups is 1. The molecule has 94 valence electrons. The minimum Gasteiger partial charge on any atom is -0.399 e. The van der Waals surface area contributed by atoms with Crippen molar-refractivity contribution in [2.24, 2.45) is 0 Å². The normalized spacial score (nSPS) is 10.4. The lowest BCUT2D eigenvalue weighted by Crippen LogP contribution is -2.39. The second-order valence-corrected chi connectivity index (χ2v) is 4.13. The van der Waals surface area contributed by atoms with Gasteiger partial charge < -0.3 is 16.0 Å². The molecule has 4 heteroatoms. The first-order valence-electron chi connectivity index (χ1n) is 5.97. The first-order chi connectivity index (χ1) is 8.08. The Morgan fingerprint density at radius 1 is 1.29 bits per heavy atom. The Balaban J connectivity index is 2.62. The number of nitrogens with two attached hydrogens (primary N) is 1. The van der Waals surface area contributed by atoms with E-state index in [9.17, 15) is 4.79 Å². The molecule has 0 spiro atoms. The fourth-order valence-electron chi connectivity index (χ4n) is 1.78. The summed E-state index contributed by atoms with van der Waals surface area (Å²) in [5.41, 5.74) is 7.04. The van der Waals surface area contributed by atoms with Crippen molar-refractivity contribution in [2.75, 3.05) is 18.1 Å². The molecule has 0 radical (unpaired) electrons. The molecule has 17 heavy (non-hydrogen) atoms. The van der Waals surface area contributed by atoms with Crippen molar-refractivity contribution in [3.8, 4) is 0 Å². The van der Waals surface area contributed by atoms with Gasteiger partial charge in [0.1, 0.15) is 0 Å². The summed E-state index contributed by atoms with van der Waals surface area (Å²) < 4.78 is 0. The van der Waals surface area contributed by atoms with E-state index < -0.39 is 0 Å². The zero-order chi connectivity index (χ0) is 12.8. The van der Waals surface area contributed by atoms with Crippen molar-refractivity contribution in [3.05, 3.63) is 24.3 Å². The summed E-state index contributed by atoms with van der Waals surface area (Å²) in [6.07, 6.45) is 1.92. The quantitative estimate of drug-likeness (QED) is 0.788. The van der Waals surface area contributed by atoms with Crippen LogP contribution in [0.3, 0.4) is 0 Å². The van der Waals surface area contributed by atoms with E-state index in [2.05, 4.69) is 19.2 Å². The van der Waals surface area contributed by atoms with E-state index in [-0.39, 0.29) is 12.1 Å². The largest absolute Gasteiger partial charge is 0.399 e. The van der Waals surface area contributed by atoms with Gasteiger partial charge in [0.05, 0.1) is 0 Å². The van der Waals surface area contributed by atoms with E-state index in [1.165, 1.54) is 0 Å². The van der Waals surface area contributed by atoms with Crippen LogP contribution < -0.4 is 11.1 Å². The van der Waals surface area contributed by atoms with Gasteiger partial charge in [0.15, 0.2) is 0 Å². The molecule has 0 aliphatic rings. The molecule has 0 fully saturated rings. The van der Waals surface area contributed by atoms with Crippen LogP contribution in [0, 0.1) is 0 Å². The minimum absolute atomic E-state index is 0.0801. The van der Waals surface area contributed by atoms with Gasteiger partial charge in [-0.25, -0.2) is 4.79 Å². The van der Waals surface area contributed by atoms with Crippen molar-refractivity contribution < 1.29 is 4.79 Å². The molecule has 2 amide bonds. The molecule has 1 rings (SSSR count). The number of carbonyl (C=O) groups excluding carboxylic acids is 1. The number of anilines is 2. The molecule has 0 atom stereocenters. The van der Waals surface area contributed by atoms with E-state index in [1.54, 1.807) is 29.2 Å². The second kappa shape index (κ2) is 6.13. The number of benzene rings is 1. The predicted molar refractivity (Wildman–Crippen MR) is 72.0 cm³/mol. The Morgan fingerprint density at radius 2 is 1.82 bits per heavy atom. The Kier molecular flexibility index (Phi) is 4.82. The van der Waals surface area contributed by atoms with Gasteiger partial charge >= 0.3 is 6.03 Å². The maximum absolute atomic E-state index is 11.9. The fourth-order valence-corrected chi connectivity index (χ4v) is 1.78. The molecule has 1 aromatic rings. The summed E-state index contributed by atoms with van der Waals surface area (Å²) in [6, 6.07) is 7.34. The SMILES string of the molecule is CCC(CC)N(C)C(=O)Nc1ccc(N)cc1. The maximum Gasteiger partial charge on any atom is 0.321 e. The number of amides is 2. The molecular weight excluding hydrogens is 214 g/mol. The van der Waals surface area contributed by atoms with Gasteiger partial charge in [-0.1, -0.05) is 13.8 Å². The topological polar surface area (TPSA) is 58.4 Å². The number of rotatable bonds is 4. The molecular formula is C13H21N3O. The summed E-state index contributed by atoms with van der Waals surface area (Å²) in [6.45, 7) is 4.17. The molecule has 0 unspecified atom stereocenters. The Bertz CT molecular complexity index is 357. The van der Waals surface area contributed by atoms with Crippen LogP contribution in [-0.2, 0) is 0 Å². The van der Waals surface area contributed by atoms with Crippen LogP contribution in [0.2, 0.25) is 0 Å². The average molecular weight is 235 g/mol. The van der Waals surface area contributed by atoms with Crippen molar-refractivity contribution >= 4 is 17.4 Å². The number of carbonyl (C=O) groups is 1. The fraction of sp³-hybridized carbons (Fsp3) is 0.462. The minimum atomic E-state index is -0.0801. The van der Waals surface area contributed by atoms with Gasteiger partial charge in [-0.05, 0) is 37.1 Å². The van der Waals surface area contributed by atoms with Crippen LogP contribution in [0.5, 0.6) is 0 Å². The Morgan fingerprint density at radius 3 is 2.29 bits per heavy atom. The predicted octanol–water partition coefficient (Wildman–Crippen LogP) is 2.92. The van der Waals surface area contributed by atoms with Gasteiger partial charge in [0, 0.05) is 24.5 Å². The molecule has 0 bridgehead atoms. The number of nitrogens with zero attached hydrogens (tertiary/aromatic N) is 1. The van der Waals surface area contributed by atoms with E-state index in [1.807, 2.05) is 7.05 Å². The lowest BCUT2D eigenvalue weighted by Gasteiger charge is -2.26. The zero-order valence-electron chi connectivity index (χ0n) is 10.7. The van der Waals surface area contributed by atoms with Crippen molar-refractivity contribution in [1.29, 1.82) is 0 Å². The zero-order valence-corrected chi connectivity index (χ0v) is 10.7. The van der Waals surface area contributed by atoms with Crippen molar-refractivity contribution in [3.63, 3.8) is 0 Å². The molecule has 4 nitrogen and oxygen atoms in total. The summed E-state index contributed by atoms with van der Waals surface area (Å²) in [7, 11) is 1.82. The number of hydrogen-bond donors (Lipinski definition) is 2. The molecule has 0 heterocycles. The summed E-state index contributed by atoms with van der Waals surface area (Å²) >= 11 is 0. The van der Waals surface area contributed by atoms with E-state index in [0.717, 1.165) is 18.5 Å².